The number of carbonyl (C=O) groups is 1. The number of hydrogen-bond acceptors (Lipinski definition) is 5. The zero-order valence-electron chi connectivity index (χ0n) is 10.0. The molecule has 2 rings (SSSR count). The summed E-state index contributed by atoms with van der Waals surface area (Å²) in [5, 5.41) is 8.97. The Labute approximate surface area is 105 Å². The molecule has 94 valence electrons. The van der Waals surface area contributed by atoms with Crippen LogP contribution in [0.25, 0.3) is 0 Å². The molecule has 1 amide bonds. The molecule has 2 atom stereocenters. The summed E-state index contributed by atoms with van der Waals surface area (Å²) in [5.74, 6) is -0.0717. The first kappa shape index (κ1) is 12.5. The number of aryl methyl sites for hydroxylation is 1. The molecule has 0 spiro atoms. The largest absolute Gasteiger partial charge is 0.366 e. The van der Waals surface area contributed by atoms with Crippen molar-refractivity contribution in [1.29, 1.82) is 0 Å². The normalized spacial score (nSPS) is 22.1. The van der Waals surface area contributed by atoms with Crippen molar-refractivity contribution in [1.82, 2.24) is 15.6 Å². The third-order valence-electron chi connectivity index (χ3n) is 2.59. The average molecular weight is 255 g/mol. The lowest BCUT2D eigenvalue weighted by Crippen LogP contribution is -2.48. The van der Waals surface area contributed by atoms with E-state index in [1.165, 1.54) is 0 Å². The lowest BCUT2D eigenvalue weighted by atomic mass is 10.2. The number of thiazole rings is 1. The second-order valence-corrected chi connectivity index (χ2v) is 5.01. The van der Waals surface area contributed by atoms with Gasteiger partial charge < -0.3 is 15.4 Å². The number of nitrogens with zero attached hydrogens (tertiary/aromatic N) is 1. The molecular formula is C11H17N3O2S. The van der Waals surface area contributed by atoms with Crippen LogP contribution >= 0.6 is 11.3 Å². The van der Waals surface area contributed by atoms with Crippen LogP contribution in [0.5, 0.6) is 0 Å². The van der Waals surface area contributed by atoms with Crippen LogP contribution in [0.15, 0.2) is 5.38 Å². The van der Waals surface area contributed by atoms with Gasteiger partial charge in [-0.25, -0.2) is 4.98 Å². The molecule has 0 radical (unpaired) electrons. The molecule has 0 aliphatic carbocycles. The Bertz CT molecular complexity index is 388. The second kappa shape index (κ2) is 5.57. The first-order valence-corrected chi connectivity index (χ1v) is 6.59. The lowest BCUT2D eigenvalue weighted by Gasteiger charge is -2.24. The van der Waals surface area contributed by atoms with E-state index in [2.05, 4.69) is 15.6 Å². The molecule has 0 aromatic carbocycles. The summed E-state index contributed by atoms with van der Waals surface area (Å²) in [4.78, 5) is 16.2. The molecule has 6 heteroatoms. The van der Waals surface area contributed by atoms with E-state index in [4.69, 9.17) is 4.74 Å². The maximum absolute atomic E-state index is 11.9. The lowest BCUT2D eigenvalue weighted by molar-refractivity contribution is -0.134. The molecule has 1 fully saturated rings. The van der Waals surface area contributed by atoms with E-state index in [1.54, 1.807) is 11.3 Å². The van der Waals surface area contributed by atoms with Crippen molar-refractivity contribution in [2.75, 3.05) is 19.7 Å². The van der Waals surface area contributed by atoms with Crippen molar-refractivity contribution in [3.05, 3.63) is 16.1 Å². The summed E-state index contributed by atoms with van der Waals surface area (Å²) in [6.45, 7) is 5.86. The van der Waals surface area contributed by atoms with E-state index < -0.39 is 0 Å². The smallest absolute Gasteiger partial charge is 0.251 e. The van der Waals surface area contributed by atoms with E-state index in [1.807, 2.05) is 19.2 Å². The summed E-state index contributed by atoms with van der Waals surface area (Å²) >= 11 is 1.56. The van der Waals surface area contributed by atoms with E-state index in [0.717, 1.165) is 17.2 Å². The van der Waals surface area contributed by atoms with Crippen LogP contribution in [-0.4, -0.2) is 36.7 Å². The highest BCUT2D eigenvalue weighted by molar-refractivity contribution is 7.09. The molecule has 2 unspecified atom stereocenters. The highest BCUT2D eigenvalue weighted by atomic mass is 32.1. The molecule has 1 aromatic heterocycles. The Hall–Kier alpha value is -0.980. The number of morpholine rings is 1. The number of carbonyl (C=O) groups excluding carboxylic acids is 1. The SMILES string of the molecule is Cc1csc(C(C)NC(=O)C2CNCCO2)n1. The number of nitrogens with one attached hydrogen (secondary N) is 2. The zero-order valence-corrected chi connectivity index (χ0v) is 10.8. The number of aromatic nitrogens is 1. The summed E-state index contributed by atoms with van der Waals surface area (Å²) in [6.07, 6.45) is -0.382. The summed E-state index contributed by atoms with van der Waals surface area (Å²) in [5.41, 5.74) is 0.988. The third-order valence-corrected chi connectivity index (χ3v) is 3.73. The van der Waals surface area contributed by atoms with E-state index >= 15 is 0 Å². The first-order valence-electron chi connectivity index (χ1n) is 5.71. The Morgan fingerprint density at radius 3 is 3.18 bits per heavy atom. The maximum atomic E-state index is 11.9. The Morgan fingerprint density at radius 2 is 2.59 bits per heavy atom. The summed E-state index contributed by atoms with van der Waals surface area (Å²) in [6, 6.07) is -0.0632. The van der Waals surface area contributed by atoms with Gasteiger partial charge in [0.05, 0.1) is 12.6 Å². The van der Waals surface area contributed by atoms with Crippen LogP contribution in [0.2, 0.25) is 0 Å². The van der Waals surface area contributed by atoms with Crippen molar-refractivity contribution in [2.24, 2.45) is 0 Å². The van der Waals surface area contributed by atoms with Crippen LogP contribution < -0.4 is 10.6 Å². The Kier molecular flexibility index (Phi) is 4.09. The van der Waals surface area contributed by atoms with Gasteiger partial charge in [-0.15, -0.1) is 11.3 Å². The molecule has 2 N–H and O–H groups in total. The van der Waals surface area contributed by atoms with Gasteiger partial charge in [-0.1, -0.05) is 0 Å². The molecule has 0 saturated carbocycles. The van der Waals surface area contributed by atoms with Crippen molar-refractivity contribution >= 4 is 17.2 Å². The third kappa shape index (κ3) is 3.24. The molecule has 1 aliphatic heterocycles. The van der Waals surface area contributed by atoms with Crippen LogP contribution in [0.3, 0.4) is 0 Å². The van der Waals surface area contributed by atoms with Crippen LogP contribution in [0.1, 0.15) is 23.7 Å². The predicted molar refractivity (Wildman–Crippen MR) is 66.0 cm³/mol. The Morgan fingerprint density at radius 1 is 1.76 bits per heavy atom. The standard InChI is InChI=1S/C11H17N3O2S/c1-7-6-17-11(13-7)8(2)14-10(15)9-5-12-3-4-16-9/h6,8-9,12H,3-5H2,1-2H3,(H,14,15). The monoisotopic (exact) mass is 255 g/mol. The number of rotatable bonds is 3. The van der Waals surface area contributed by atoms with Gasteiger partial charge in [0.25, 0.3) is 5.91 Å². The fourth-order valence-corrected chi connectivity index (χ4v) is 2.48. The van der Waals surface area contributed by atoms with Gasteiger partial charge in [0.1, 0.15) is 11.1 Å². The van der Waals surface area contributed by atoms with Crippen molar-refractivity contribution in [3.8, 4) is 0 Å². The minimum absolute atomic E-state index is 0.0632. The van der Waals surface area contributed by atoms with E-state index in [0.29, 0.717) is 13.2 Å². The second-order valence-electron chi connectivity index (χ2n) is 4.12. The maximum Gasteiger partial charge on any atom is 0.251 e. The minimum Gasteiger partial charge on any atom is -0.366 e. The van der Waals surface area contributed by atoms with Gasteiger partial charge in [0.2, 0.25) is 0 Å². The fourth-order valence-electron chi connectivity index (χ4n) is 1.67. The summed E-state index contributed by atoms with van der Waals surface area (Å²) in [7, 11) is 0. The number of hydrogen-bond donors (Lipinski definition) is 2. The van der Waals surface area contributed by atoms with Gasteiger partial charge in [-0.2, -0.15) is 0 Å². The molecule has 1 aromatic rings. The molecule has 0 bridgehead atoms. The van der Waals surface area contributed by atoms with Crippen LogP contribution in [-0.2, 0) is 9.53 Å². The first-order chi connectivity index (χ1) is 8.16. The zero-order chi connectivity index (χ0) is 12.3. The van der Waals surface area contributed by atoms with Crippen LogP contribution in [0, 0.1) is 6.92 Å². The fraction of sp³-hybridized carbons (Fsp3) is 0.636. The molecule has 1 saturated heterocycles. The van der Waals surface area contributed by atoms with Gasteiger partial charge >= 0.3 is 0 Å². The number of amides is 1. The van der Waals surface area contributed by atoms with Crippen molar-refractivity contribution in [3.63, 3.8) is 0 Å². The van der Waals surface area contributed by atoms with Gasteiger partial charge in [0.15, 0.2) is 0 Å². The highest BCUT2D eigenvalue weighted by Crippen LogP contribution is 2.17. The summed E-state index contributed by atoms with van der Waals surface area (Å²) < 4.78 is 5.39. The highest BCUT2D eigenvalue weighted by Gasteiger charge is 2.23. The number of ether oxygens (including phenoxy) is 1. The van der Waals surface area contributed by atoms with Gasteiger partial charge in [-0.3, -0.25) is 4.79 Å². The average Bonchev–Trinajstić information content (AvgIpc) is 2.77. The van der Waals surface area contributed by atoms with E-state index in [9.17, 15) is 4.79 Å². The van der Waals surface area contributed by atoms with Gasteiger partial charge in [-0.05, 0) is 13.8 Å². The predicted octanol–water partition coefficient (Wildman–Crippen LogP) is 0.617. The molecular weight excluding hydrogens is 238 g/mol. The van der Waals surface area contributed by atoms with E-state index in [-0.39, 0.29) is 18.1 Å². The van der Waals surface area contributed by atoms with Crippen molar-refractivity contribution in [2.45, 2.75) is 26.0 Å². The molecule has 2 heterocycles. The van der Waals surface area contributed by atoms with Gasteiger partial charge in [0, 0.05) is 24.2 Å². The minimum atomic E-state index is -0.382. The molecule has 5 nitrogen and oxygen atoms in total. The van der Waals surface area contributed by atoms with Crippen LogP contribution in [0.4, 0.5) is 0 Å². The molecule has 17 heavy (non-hydrogen) atoms. The van der Waals surface area contributed by atoms with Crippen molar-refractivity contribution < 1.29 is 9.53 Å². The topological polar surface area (TPSA) is 63.2 Å². The molecule has 1 aliphatic rings. The quantitative estimate of drug-likeness (QED) is 0.831. The Balaban J connectivity index is 1.89.